The first-order valence-corrected chi connectivity index (χ1v) is 46.1. The summed E-state index contributed by atoms with van der Waals surface area (Å²) in [5, 5.41) is 50.4. The summed E-state index contributed by atoms with van der Waals surface area (Å²) in [5.41, 5.74) is 27.0. The van der Waals surface area contributed by atoms with Crippen molar-refractivity contribution in [3.05, 3.63) is 120 Å². The van der Waals surface area contributed by atoms with Gasteiger partial charge in [-0.15, -0.1) is 11.8 Å². The Morgan fingerprint density at radius 2 is 1.08 bits per heavy atom. The van der Waals surface area contributed by atoms with E-state index in [1.807, 2.05) is 44.2 Å². The van der Waals surface area contributed by atoms with Crippen LogP contribution in [0.4, 0.5) is 0 Å². The number of fused-ring (bicyclic) bond motifs is 4. The van der Waals surface area contributed by atoms with E-state index < -0.39 is 210 Å². The van der Waals surface area contributed by atoms with Crippen molar-refractivity contribution in [2.24, 2.45) is 28.9 Å². The fraction of sp³-hybridized carbons (Fsp3) is 0.544. The quantitative estimate of drug-likeness (QED) is 0.0294. The fourth-order valence-electron chi connectivity index (χ4n) is 16.8. The highest BCUT2D eigenvalue weighted by Crippen LogP contribution is 2.28. The van der Waals surface area contributed by atoms with Gasteiger partial charge in [0.1, 0.15) is 78.3 Å². The maximum atomic E-state index is 15.8. The molecule has 15 atom stereocenters. The molecule has 3 aromatic heterocycles. The van der Waals surface area contributed by atoms with E-state index in [9.17, 15) is 53.4 Å². The van der Waals surface area contributed by atoms with Crippen LogP contribution in [0.3, 0.4) is 0 Å². The van der Waals surface area contributed by atoms with E-state index >= 15 is 33.6 Å². The molecule has 0 bridgehead atoms. The summed E-state index contributed by atoms with van der Waals surface area (Å²) in [4.78, 5) is 255. The molecule has 0 aliphatic carbocycles. The molecule has 41 nitrogen and oxygen atoms in total. The maximum Gasteiger partial charge on any atom is 0.246 e. The summed E-state index contributed by atoms with van der Waals surface area (Å²) >= 11 is 0.815. The van der Waals surface area contributed by atoms with Crippen LogP contribution in [0.15, 0.2) is 97.7 Å². The molecule has 3 aromatic carbocycles. The van der Waals surface area contributed by atoms with Gasteiger partial charge in [0.05, 0.1) is 37.2 Å². The first kappa shape index (κ1) is 103. The number of thioether (sulfide) groups is 1. The van der Waals surface area contributed by atoms with Gasteiger partial charge < -0.3 is 121 Å². The van der Waals surface area contributed by atoms with Gasteiger partial charge in [-0.05, 0) is 119 Å². The Balaban J connectivity index is 1.09. The average Bonchev–Trinajstić information content (AvgIpc) is 1.65. The average molecular weight is 1850 g/mol. The number of aliphatic hydroxyl groups excluding tert-OH is 1. The van der Waals surface area contributed by atoms with Crippen molar-refractivity contribution >= 4 is 128 Å². The monoisotopic (exact) mass is 1850 g/mol. The van der Waals surface area contributed by atoms with E-state index in [1.165, 1.54) is 55.7 Å². The Kier molecular flexibility index (Phi) is 38.8. The number of aromatic amines is 3. The number of aromatic hydroxyl groups is 1. The van der Waals surface area contributed by atoms with Crippen LogP contribution in [0, 0.1) is 5.92 Å². The van der Waals surface area contributed by atoms with Gasteiger partial charge >= 0.3 is 0 Å². The lowest BCUT2D eigenvalue weighted by Crippen LogP contribution is -2.61. The van der Waals surface area contributed by atoms with E-state index in [-0.39, 0.29) is 114 Å². The van der Waals surface area contributed by atoms with Crippen LogP contribution in [0.1, 0.15) is 140 Å². The Morgan fingerprint density at radius 1 is 0.553 bits per heavy atom. The fourth-order valence-corrected chi connectivity index (χ4v) is 17.6. The van der Waals surface area contributed by atoms with Crippen molar-refractivity contribution in [3.63, 3.8) is 0 Å². The van der Waals surface area contributed by atoms with Gasteiger partial charge in [-0.2, -0.15) is 0 Å². The van der Waals surface area contributed by atoms with Crippen LogP contribution < -0.4 is 76.1 Å². The molecule has 0 spiro atoms. The number of hydrogen-bond donors (Lipinski definition) is 19. The number of carbonyl (C=O) groups excluding carboxylic acids is 16. The molecule has 718 valence electrons. The third-order valence-electron chi connectivity index (χ3n) is 24.1. The molecule has 6 heterocycles. The van der Waals surface area contributed by atoms with Crippen LogP contribution in [-0.2, 0) is 102 Å². The number of carbonyl (C=O) groups is 16. The lowest BCUT2D eigenvalue weighted by molar-refractivity contribution is -0.145. The van der Waals surface area contributed by atoms with Crippen LogP contribution in [-0.4, -0.2) is 312 Å². The highest BCUT2D eigenvalue weighted by atomic mass is 32.2. The number of aromatic nitrogens is 4. The van der Waals surface area contributed by atoms with Crippen LogP contribution in [0.25, 0.3) is 21.8 Å². The van der Waals surface area contributed by atoms with Gasteiger partial charge in [0.2, 0.25) is 94.5 Å². The number of likely N-dealkylation sites (N-methyl/N-ethyl adjacent to an activating group) is 3. The number of hydrogen-bond acceptors (Lipinski definition) is 23. The molecule has 0 saturated carbocycles. The summed E-state index contributed by atoms with van der Waals surface area (Å²) in [5.74, 6) is -15.1. The standard InChI is InChI=1S/C90H129N23O18S/c1-9-11-18-56-45-109(6)72(23-12-10-2)84(125)102-64(30-32-92)81(122)108-71(79(120)98-44-76(94)117)47-132-48-77(118)100-68(35-52-25-27-57(114)28-26-52)87(128)110(7)51(5)78(119)105-70(40-75(93)116)89(130)112-33-17-24-73(112)85(126)104-66(38-55-43-95-49-99-55)83(124)106-67(34-50(3)4)90(131)113-46-58(115)39-74(113)86(127)103-65(36-53-41-96-61-21-15-13-19-59(53)61)82(123)101-63(29-31-91)80(121)107-69(88(129)111(56)8)37-54-42-97-62-22-16-14-20-60(54)62/h13-16,19-22,25-28,41-43,49-51,56,58,63-74,96-97,114-115H,9-12,17-18,23-24,29-40,44-48,91-92H2,1-8H3,(H2,93,116)(H2,94,117)(H,95,99)(H,98,120)(H,100,118)(H,101,123)(H,102,125)(H,103,127)(H,104,126)(H,105,119)(H,106,124)(H,107,121)(H,108,122). The maximum absolute atomic E-state index is 15.8. The summed E-state index contributed by atoms with van der Waals surface area (Å²) in [6.07, 6.45) is 5.67. The molecular formula is C90H129N23O18S. The van der Waals surface area contributed by atoms with Gasteiger partial charge in [0.15, 0.2) is 0 Å². The molecule has 16 amide bonds. The molecule has 132 heavy (non-hydrogen) atoms. The van der Waals surface area contributed by atoms with E-state index in [0.29, 0.717) is 65.4 Å². The molecule has 3 aliphatic heterocycles. The van der Waals surface area contributed by atoms with E-state index in [0.717, 1.165) is 37.4 Å². The van der Waals surface area contributed by atoms with Crippen molar-refractivity contribution in [1.29, 1.82) is 0 Å². The number of phenols is 1. The lowest BCUT2D eigenvalue weighted by Gasteiger charge is -2.37. The van der Waals surface area contributed by atoms with Crippen molar-refractivity contribution < 1.29 is 86.9 Å². The van der Waals surface area contributed by atoms with Gasteiger partial charge in [-0.1, -0.05) is 102 Å². The number of phenolic OH excluding ortho intramolecular Hbond substituents is 1. The van der Waals surface area contributed by atoms with Gasteiger partial charge in [0.25, 0.3) is 0 Å². The largest absolute Gasteiger partial charge is 0.508 e. The molecular weight excluding hydrogens is 1720 g/mol. The molecule has 6 aromatic rings. The summed E-state index contributed by atoms with van der Waals surface area (Å²) in [6, 6.07) is 0.719. The number of aliphatic hydroxyl groups is 1. The van der Waals surface area contributed by atoms with Gasteiger partial charge in [-0.25, -0.2) is 4.98 Å². The molecule has 3 aliphatic rings. The van der Waals surface area contributed by atoms with Crippen LogP contribution in [0.2, 0.25) is 0 Å². The Labute approximate surface area is 769 Å². The zero-order chi connectivity index (χ0) is 96.2. The second-order valence-electron chi connectivity index (χ2n) is 34.6. The summed E-state index contributed by atoms with van der Waals surface area (Å²) < 4.78 is 0. The minimum Gasteiger partial charge on any atom is -0.508 e. The Hall–Kier alpha value is -12.5. The number of nitrogens with two attached hydrogens (primary N) is 4. The number of amides is 16. The number of H-pyrrole nitrogens is 3. The van der Waals surface area contributed by atoms with Crippen molar-refractivity contribution in [1.82, 2.24) is 97.6 Å². The van der Waals surface area contributed by atoms with Crippen molar-refractivity contribution in [2.45, 2.75) is 234 Å². The molecule has 9 rings (SSSR count). The highest BCUT2D eigenvalue weighted by molar-refractivity contribution is 8.00. The highest BCUT2D eigenvalue weighted by Gasteiger charge is 2.46. The minimum atomic E-state index is -1.76. The van der Waals surface area contributed by atoms with Crippen molar-refractivity contribution in [2.75, 3.05) is 71.9 Å². The number of unbranched alkanes of at least 4 members (excludes halogenated alkanes) is 2. The predicted molar refractivity (Wildman–Crippen MR) is 491 cm³/mol. The number of imidazole rings is 1. The first-order valence-electron chi connectivity index (χ1n) is 44.9. The number of para-hydroxylation sites is 2. The summed E-state index contributed by atoms with van der Waals surface area (Å²) in [7, 11) is 4.53. The van der Waals surface area contributed by atoms with E-state index in [1.54, 1.807) is 63.4 Å². The topological polar surface area (TPSA) is 614 Å². The number of primary amides is 2. The smallest absolute Gasteiger partial charge is 0.246 e. The Morgan fingerprint density at radius 3 is 1.67 bits per heavy atom. The zero-order valence-corrected chi connectivity index (χ0v) is 76.8. The second kappa shape index (κ2) is 49.6. The van der Waals surface area contributed by atoms with Gasteiger partial charge in [-0.3, -0.25) is 81.6 Å². The van der Waals surface area contributed by atoms with Crippen molar-refractivity contribution in [3.8, 4) is 5.75 Å². The Bertz CT molecular complexity index is 5010. The third-order valence-corrected chi connectivity index (χ3v) is 25.2. The van der Waals surface area contributed by atoms with E-state index in [4.69, 9.17) is 22.9 Å². The summed E-state index contributed by atoms with van der Waals surface area (Å²) in [6.45, 7) is 7.28. The molecule has 42 heteroatoms. The van der Waals surface area contributed by atoms with Crippen LogP contribution >= 0.6 is 11.8 Å². The normalized spacial score (nSPS) is 25.2. The number of nitrogens with zero attached hydrogens (tertiary/aromatic N) is 6. The molecule has 15 unspecified atom stereocenters. The SMILES string of the molecule is CCCCC1C(=O)NC(CCN)C(=O)NC(C(=O)NCC(N)=O)CSCC(=O)NC(Cc2ccc(O)cc2)C(=O)N(C)C(C)C(=O)NC(CC(N)=O)C(=O)N2CCCC2C(=O)NC(Cc2cnc[nH]2)C(=O)NC(CC(C)C)C(=O)N2CC(O)CC2C(=O)NC(Cc2c[nH]c3ccccc23)C(=O)NC(CCN)C(=O)NC(Cc2c[nH]c3ccccc23)C(=O)N(C)C(CCCC)CN1C. The third kappa shape index (κ3) is 28.7. The molecule has 0 radical (unpaired) electrons. The van der Waals surface area contributed by atoms with E-state index in [2.05, 4.69) is 73.1 Å². The lowest BCUT2D eigenvalue weighted by atomic mass is 10.00. The number of nitrogens with one attached hydrogen (secondary N) is 13. The predicted octanol–water partition coefficient (Wildman–Crippen LogP) is -2.01. The number of benzene rings is 3. The molecule has 3 saturated heterocycles. The second-order valence-corrected chi connectivity index (χ2v) is 35.6. The number of rotatable bonds is 25. The molecule has 23 N–H and O–H groups in total. The minimum absolute atomic E-state index is 0.00184. The zero-order valence-electron chi connectivity index (χ0n) is 76.0. The molecule has 3 fully saturated rings. The van der Waals surface area contributed by atoms with Crippen LogP contribution in [0.5, 0.6) is 5.75 Å². The first-order chi connectivity index (χ1) is 63.0. The van der Waals surface area contributed by atoms with Gasteiger partial charge in [0, 0.05) is 124 Å².